The van der Waals surface area contributed by atoms with Gasteiger partial charge in [-0.05, 0) is 0 Å². The molecule has 0 atom stereocenters. The molecule has 1 fully saturated rings. The van der Waals surface area contributed by atoms with Crippen molar-refractivity contribution >= 4 is 0 Å². The molecule has 0 saturated carbocycles. The third-order valence-electron chi connectivity index (χ3n) is 1.27. The van der Waals surface area contributed by atoms with Gasteiger partial charge in [-0.25, -0.2) is 0 Å². The summed E-state index contributed by atoms with van der Waals surface area (Å²) in [5.41, 5.74) is 4.00. The molecule has 0 aromatic heterocycles. The van der Waals surface area contributed by atoms with E-state index in [2.05, 4.69) is 5.43 Å². The largest absolute Gasteiger partial charge is 0.597 e. The highest BCUT2D eigenvalue weighted by Crippen LogP contribution is 1.98. The van der Waals surface area contributed by atoms with Gasteiger partial charge in [0.2, 0.25) is 0 Å². The summed E-state index contributed by atoms with van der Waals surface area (Å²) in [7, 11) is 1.81. The van der Waals surface area contributed by atoms with Crippen molar-refractivity contribution < 1.29 is 4.74 Å². The summed E-state index contributed by atoms with van der Waals surface area (Å²) in [6, 6.07) is 0. The van der Waals surface area contributed by atoms with Crippen molar-refractivity contribution in [2.75, 3.05) is 33.4 Å². The minimum Gasteiger partial charge on any atom is -0.597 e. The maximum atomic E-state index is 5.10. The Morgan fingerprint density at radius 3 is 2.38 bits per heavy atom. The zero-order valence-electron chi connectivity index (χ0n) is 5.13. The fourth-order valence-corrected chi connectivity index (χ4v) is 0.754. The molecular weight excluding hydrogens is 104 g/mol. The van der Waals surface area contributed by atoms with Crippen LogP contribution in [0, 0.1) is 0 Å². The van der Waals surface area contributed by atoms with Gasteiger partial charge in [0.15, 0.2) is 0 Å². The van der Waals surface area contributed by atoms with Crippen LogP contribution in [0.25, 0.3) is 5.43 Å². The minimum atomic E-state index is 0.831. The van der Waals surface area contributed by atoms with E-state index in [-0.39, 0.29) is 0 Å². The Labute approximate surface area is 49.6 Å². The lowest BCUT2D eigenvalue weighted by Gasteiger charge is -2.36. The molecule has 0 bridgehead atoms. The smallest absolute Gasteiger partial charge is 0.0579 e. The molecule has 0 spiro atoms. The fourth-order valence-electron chi connectivity index (χ4n) is 0.754. The molecule has 48 valence electrons. The lowest BCUT2D eigenvalue weighted by atomic mass is 10.5. The number of ether oxygens (including phenoxy) is 1. The van der Waals surface area contributed by atoms with Gasteiger partial charge in [-0.2, -0.15) is 7.05 Å². The van der Waals surface area contributed by atoms with Crippen molar-refractivity contribution in [2.24, 2.45) is 0 Å². The van der Waals surface area contributed by atoms with Gasteiger partial charge >= 0.3 is 0 Å². The van der Waals surface area contributed by atoms with Crippen LogP contribution in [0.2, 0.25) is 0 Å². The molecule has 1 heterocycles. The number of nitrogens with zero attached hydrogens (tertiary/aromatic N) is 2. The van der Waals surface area contributed by atoms with Gasteiger partial charge in [0.25, 0.3) is 0 Å². The summed E-state index contributed by atoms with van der Waals surface area (Å²) in [4.78, 5) is 0. The van der Waals surface area contributed by atoms with Gasteiger partial charge in [0.1, 0.15) is 0 Å². The molecule has 1 aliphatic rings. The molecule has 0 unspecified atom stereocenters. The average Bonchev–Trinajstić information content (AvgIpc) is 1.90. The second-order valence-electron chi connectivity index (χ2n) is 1.77. The first-order valence-electron chi connectivity index (χ1n) is 2.86. The molecular formula is C5H11N2O-. The maximum absolute atomic E-state index is 5.10. The van der Waals surface area contributed by atoms with Gasteiger partial charge in [0, 0.05) is 13.1 Å². The van der Waals surface area contributed by atoms with Crippen molar-refractivity contribution in [3.8, 4) is 0 Å². The Kier molecular flexibility index (Phi) is 2.27. The van der Waals surface area contributed by atoms with Crippen LogP contribution in [0.4, 0.5) is 0 Å². The lowest BCUT2D eigenvalue weighted by Crippen LogP contribution is -2.32. The van der Waals surface area contributed by atoms with E-state index in [4.69, 9.17) is 4.74 Å². The summed E-state index contributed by atoms with van der Waals surface area (Å²) in [5.74, 6) is 0. The van der Waals surface area contributed by atoms with E-state index in [1.165, 1.54) is 0 Å². The molecule has 1 saturated heterocycles. The molecule has 0 aromatic rings. The highest BCUT2D eigenvalue weighted by atomic mass is 16.5. The Morgan fingerprint density at radius 1 is 1.38 bits per heavy atom. The quantitative estimate of drug-likeness (QED) is 0.489. The predicted octanol–water partition coefficient (Wildman–Crippen LogP) is 0.237. The standard InChI is InChI=1S/C5H11N2O/c1-6-7-2-4-8-5-3-7/h2-5H2,1H3/q-1. The lowest BCUT2D eigenvalue weighted by molar-refractivity contribution is 0.0544. The van der Waals surface area contributed by atoms with Crippen LogP contribution in [-0.2, 0) is 4.74 Å². The molecule has 0 amide bonds. The second-order valence-corrected chi connectivity index (χ2v) is 1.77. The van der Waals surface area contributed by atoms with Crippen molar-refractivity contribution in [3.63, 3.8) is 0 Å². The van der Waals surface area contributed by atoms with Gasteiger partial charge in [-0.3, -0.25) is 0 Å². The van der Waals surface area contributed by atoms with Gasteiger partial charge in [-0.15, -0.1) is 0 Å². The Hall–Kier alpha value is -0.120. The molecule has 3 heteroatoms. The molecule has 8 heavy (non-hydrogen) atoms. The number of rotatable bonds is 1. The van der Waals surface area contributed by atoms with Gasteiger partial charge in [-0.1, -0.05) is 0 Å². The first-order valence-corrected chi connectivity index (χ1v) is 2.86. The van der Waals surface area contributed by atoms with Crippen LogP contribution in [0.5, 0.6) is 0 Å². The fraction of sp³-hybridized carbons (Fsp3) is 1.00. The van der Waals surface area contributed by atoms with Crippen molar-refractivity contribution in [1.82, 2.24) is 5.01 Å². The van der Waals surface area contributed by atoms with E-state index in [0.717, 1.165) is 26.3 Å². The van der Waals surface area contributed by atoms with E-state index < -0.39 is 0 Å². The zero-order valence-corrected chi connectivity index (χ0v) is 5.13. The molecule has 0 aliphatic carbocycles. The summed E-state index contributed by atoms with van der Waals surface area (Å²) in [6.07, 6.45) is 0. The Balaban J connectivity index is 2.13. The highest BCUT2D eigenvalue weighted by molar-refractivity contribution is 4.70. The van der Waals surface area contributed by atoms with Crippen LogP contribution in [0.1, 0.15) is 0 Å². The van der Waals surface area contributed by atoms with Crippen molar-refractivity contribution in [1.29, 1.82) is 0 Å². The molecule has 1 aliphatic heterocycles. The average molecular weight is 115 g/mol. The third kappa shape index (κ3) is 1.43. The Morgan fingerprint density at radius 2 is 2.00 bits per heavy atom. The normalized spacial score (nSPS) is 23.6. The molecule has 3 nitrogen and oxygen atoms in total. The van der Waals surface area contributed by atoms with Gasteiger partial charge in [0.05, 0.1) is 13.2 Å². The number of hydrogen-bond acceptors (Lipinski definition) is 2. The van der Waals surface area contributed by atoms with Crippen LogP contribution < -0.4 is 0 Å². The molecule has 0 N–H and O–H groups in total. The summed E-state index contributed by atoms with van der Waals surface area (Å²) >= 11 is 0. The third-order valence-corrected chi connectivity index (χ3v) is 1.27. The topological polar surface area (TPSA) is 26.6 Å². The molecule has 0 aromatic carbocycles. The van der Waals surface area contributed by atoms with Crippen LogP contribution in [0.15, 0.2) is 0 Å². The zero-order chi connectivity index (χ0) is 5.82. The van der Waals surface area contributed by atoms with Crippen LogP contribution in [0.3, 0.4) is 0 Å². The molecule has 1 rings (SSSR count). The number of morpholine rings is 1. The minimum absolute atomic E-state index is 0.831. The first kappa shape index (κ1) is 6.01. The summed E-state index contributed by atoms with van der Waals surface area (Å²) in [6.45, 7) is 3.57. The second kappa shape index (κ2) is 3.02. The van der Waals surface area contributed by atoms with E-state index in [9.17, 15) is 0 Å². The Bertz CT molecular complexity index is 61.4. The summed E-state index contributed by atoms with van der Waals surface area (Å²) in [5, 5.41) is 2.02. The predicted molar refractivity (Wildman–Crippen MR) is 31.7 cm³/mol. The number of hydrogen-bond donors (Lipinski definition) is 0. The van der Waals surface area contributed by atoms with Crippen LogP contribution in [-0.4, -0.2) is 38.4 Å². The van der Waals surface area contributed by atoms with E-state index >= 15 is 0 Å². The SMILES string of the molecule is C[N-]N1CCOCC1. The van der Waals surface area contributed by atoms with Crippen molar-refractivity contribution in [3.05, 3.63) is 5.43 Å². The van der Waals surface area contributed by atoms with E-state index in [1.807, 2.05) is 12.1 Å². The summed E-state index contributed by atoms with van der Waals surface area (Å²) < 4.78 is 5.10. The van der Waals surface area contributed by atoms with Gasteiger partial charge < -0.3 is 15.2 Å². The van der Waals surface area contributed by atoms with Crippen LogP contribution >= 0.6 is 0 Å². The molecule has 0 radical (unpaired) electrons. The van der Waals surface area contributed by atoms with E-state index in [0.29, 0.717) is 0 Å². The van der Waals surface area contributed by atoms with E-state index in [1.54, 1.807) is 0 Å². The highest BCUT2D eigenvalue weighted by Gasteiger charge is 1.99. The first-order chi connectivity index (χ1) is 3.93. The van der Waals surface area contributed by atoms with Crippen molar-refractivity contribution in [2.45, 2.75) is 0 Å². The maximum Gasteiger partial charge on any atom is 0.0579 e. The monoisotopic (exact) mass is 115 g/mol.